The number of benzene rings is 13. The highest BCUT2D eigenvalue weighted by atomic mass is 32.1. The molecule has 12 nitrogen and oxygen atoms in total. The first kappa shape index (κ1) is 93.1. The quantitative estimate of drug-likeness (QED) is 0.0879. The molecule has 23 aromatic rings. The van der Waals surface area contributed by atoms with Gasteiger partial charge in [0.05, 0.1) is 74.5 Å². The maximum absolute atomic E-state index is 5.08. The van der Waals surface area contributed by atoms with Crippen LogP contribution in [0.5, 0.6) is 0 Å². The molecule has 0 bridgehead atoms. The van der Waals surface area contributed by atoms with Crippen molar-refractivity contribution in [1.82, 2.24) is 34.9 Å². The number of nitrogens with zero attached hydrogens (tertiary/aromatic N) is 9. The summed E-state index contributed by atoms with van der Waals surface area (Å²) in [5.41, 5.74) is 34.4. The molecule has 5 aliphatic rings. The van der Waals surface area contributed by atoms with Gasteiger partial charge in [-0.2, -0.15) is 0 Å². The standard InChI is InChI=1S/C33H29N3S.C32H28N4S.C32H28N2S2.C31H27N3S2/c1-18(2)29-16-27-25-10-9-23(15-28(25)32-26(11-12-37-32)31(27)35-29)21-5-6-22-14-24(8-7-20(22)13-21)30-17-34-33(36-30)19(3)4;1-17(2)28-15-24-22-8-5-21(14-25(22)31-23(11-12-37-31)30(24)35-28)27-9-6-19-13-20(7-10-26(19)34-27)29-16-33-32(36-29)18(3)4;1-17(2)27-12-22(16-33-27)19-5-6-21-14-30(36-29(21)13-19)20-7-8-23-25-15-28(18(3)4)34-31(25)24-9-10-35-32(24)26(23)11-20;1-16(2)25-14-23-21-8-7-18(11-24(21)30-22(9-10-35-30)29(23)33-25)19-5-6-20-13-28(36-27(20)12-19)26-15-32-31(34-26)17(3)4/h5-15,17-19H,16H2,1-4H3,(H,34,36);5-14,16-18H,15H2,1-4H3,(H,33,36);5-11,13-14,16-18H,12,15H2,1-4H3;5-13,15-17H,14H2,1-4H3,(H,32,34). The molecular weight excluding hydrogens is 1900 g/mol. The number of nitrogens with one attached hydrogen (secondary N) is 3. The smallest absolute Gasteiger partial charge is 0.109 e. The second kappa shape index (κ2) is 37.2. The van der Waals surface area contributed by atoms with Gasteiger partial charge in [0.15, 0.2) is 0 Å². The Morgan fingerprint density at radius 2 is 0.589 bits per heavy atom. The van der Waals surface area contributed by atoms with Crippen LogP contribution < -0.4 is 0 Å². The monoisotopic (exact) mass is 2010 g/mol. The van der Waals surface area contributed by atoms with Crippen LogP contribution in [0.4, 0.5) is 22.7 Å². The first-order valence-corrected chi connectivity index (χ1v) is 56.6. The van der Waals surface area contributed by atoms with Crippen LogP contribution in [-0.2, 0) is 25.7 Å². The number of aromatic nitrogens is 7. The Hall–Kier alpha value is -14.0. The van der Waals surface area contributed by atoms with E-state index in [4.69, 9.17) is 25.0 Å². The van der Waals surface area contributed by atoms with Crippen molar-refractivity contribution < 1.29 is 0 Å². The Kier molecular flexibility index (Phi) is 23.7. The third-order valence-corrected chi connectivity index (χ3v) is 36.3. The molecule has 146 heavy (non-hydrogen) atoms. The van der Waals surface area contributed by atoms with E-state index in [-0.39, 0.29) is 0 Å². The Morgan fingerprint density at radius 1 is 0.253 bits per heavy atom. The van der Waals surface area contributed by atoms with Gasteiger partial charge in [0.2, 0.25) is 0 Å². The molecule has 10 aromatic heterocycles. The van der Waals surface area contributed by atoms with E-state index in [2.05, 4.69) is 386 Å². The zero-order valence-electron chi connectivity index (χ0n) is 85.0. The van der Waals surface area contributed by atoms with E-state index >= 15 is 0 Å². The van der Waals surface area contributed by atoms with Gasteiger partial charge in [0.1, 0.15) is 17.5 Å². The van der Waals surface area contributed by atoms with E-state index in [0.717, 1.165) is 94.4 Å². The maximum Gasteiger partial charge on any atom is 0.109 e. The molecule has 0 atom stereocenters. The number of allylic oxidation sites excluding steroid dienone is 1. The predicted octanol–water partition coefficient (Wildman–Crippen LogP) is 38.5. The lowest BCUT2D eigenvalue weighted by atomic mass is 9.93. The van der Waals surface area contributed by atoms with Crippen LogP contribution in [0.15, 0.2) is 284 Å². The normalized spacial score (nSPS) is 13.9. The lowest BCUT2D eigenvalue weighted by molar-refractivity contribution is 0.795. The molecule has 18 heteroatoms. The molecule has 0 aliphatic carbocycles. The highest BCUT2D eigenvalue weighted by Crippen LogP contribution is 2.53. The molecular formula is C128H112N12S6. The van der Waals surface area contributed by atoms with Gasteiger partial charge < -0.3 is 15.0 Å². The van der Waals surface area contributed by atoms with Gasteiger partial charge in [0.25, 0.3) is 0 Å². The summed E-state index contributed by atoms with van der Waals surface area (Å²) in [7, 11) is 0. The van der Waals surface area contributed by atoms with Crippen molar-refractivity contribution in [2.45, 2.75) is 161 Å². The number of fused-ring (bicyclic) bond motifs is 28. The Labute approximate surface area is 873 Å². The molecule has 0 fully saturated rings. The molecule has 5 aliphatic heterocycles. The average Bonchev–Trinajstić information content (AvgIpc) is 1.58. The third kappa shape index (κ3) is 16.7. The van der Waals surface area contributed by atoms with E-state index in [9.17, 15) is 0 Å². The Bertz CT molecular complexity index is 9250. The minimum Gasteiger partial charge on any atom is -0.342 e. The topological polar surface area (TPSA) is 161 Å². The van der Waals surface area contributed by atoms with Gasteiger partial charge in [-0.3, -0.25) is 25.0 Å². The van der Waals surface area contributed by atoms with Crippen molar-refractivity contribution in [2.75, 3.05) is 0 Å². The van der Waals surface area contributed by atoms with Crippen molar-refractivity contribution in [3.8, 4) is 77.0 Å². The minimum absolute atomic E-state index is 0.377. The van der Waals surface area contributed by atoms with Gasteiger partial charge in [-0.1, -0.05) is 220 Å². The molecule has 28 rings (SSSR count). The molecule has 0 spiro atoms. The fourth-order valence-electron chi connectivity index (χ4n) is 21.7. The van der Waals surface area contributed by atoms with Crippen molar-refractivity contribution in [2.24, 2.45) is 54.6 Å². The van der Waals surface area contributed by atoms with Gasteiger partial charge in [-0.25, -0.2) is 19.9 Å². The Balaban J connectivity index is 0.000000102. The van der Waals surface area contributed by atoms with Crippen molar-refractivity contribution in [3.63, 3.8) is 0 Å². The molecule has 720 valence electrons. The fraction of sp³-hybridized carbons (Fsp3) is 0.227. The summed E-state index contributed by atoms with van der Waals surface area (Å²) in [4.78, 5) is 56.6. The summed E-state index contributed by atoms with van der Waals surface area (Å²) in [6.45, 7) is 35.4. The summed E-state index contributed by atoms with van der Waals surface area (Å²) < 4.78 is 8.00. The third-order valence-electron chi connectivity index (χ3n) is 30.2. The summed E-state index contributed by atoms with van der Waals surface area (Å²) >= 11 is 11.0. The lowest BCUT2D eigenvalue weighted by Gasteiger charge is -2.11. The van der Waals surface area contributed by atoms with Crippen molar-refractivity contribution in [3.05, 3.63) is 304 Å². The number of rotatable bonds is 16. The molecule has 0 radical (unpaired) electrons. The number of hydrogen-bond acceptors (Lipinski definition) is 15. The van der Waals surface area contributed by atoms with Crippen LogP contribution in [0.2, 0.25) is 0 Å². The summed E-state index contributed by atoms with van der Waals surface area (Å²) in [5.74, 6) is 6.63. The van der Waals surface area contributed by atoms with Crippen LogP contribution in [0, 0.1) is 29.6 Å². The summed E-state index contributed by atoms with van der Waals surface area (Å²) in [5, 5.41) is 30.9. The number of imidazole rings is 3. The van der Waals surface area contributed by atoms with Crippen LogP contribution in [0.1, 0.15) is 180 Å². The fourth-order valence-corrected chi connectivity index (χ4v) is 27.6. The van der Waals surface area contributed by atoms with Crippen LogP contribution >= 0.6 is 68.0 Å². The highest BCUT2D eigenvalue weighted by molar-refractivity contribution is 7.23. The zero-order valence-corrected chi connectivity index (χ0v) is 89.9. The number of H-pyrrole nitrogens is 3. The summed E-state index contributed by atoms with van der Waals surface area (Å²) in [6, 6.07) is 79.4. The van der Waals surface area contributed by atoms with Gasteiger partial charge in [-0.15, -0.1) is 68.0 Å². The number of thiophene rings is 6. The number of pyridine rings is 1. The molecule has 0 unspecified atom stereocenters. The van der Waals surface area contributed by atoms with E-state index < -0.39 is 0 Å². The molecule has 0 amide bonds. The molecule has 0 saturated heterocycles. The van der Waals surface area contributed by atoms with E-state index in [1.165, 1.54) is 242 Å². The van der Waals surface area contributed by atoms with Crippen LogP contribution in [0.25, 0.3) is 208 Å². The van der Waals surface area contributed by atoms with Crippen LogP contribution in [0.3, 0.4) is 0 Å². The molecule has 15 heterocycles. The number of aromatic amines is 3. The van der Waals surface area contributed by atoms with E-state index in [0.29, 0.717) is 47.3 Å². The number of hydrogen-bond donors (Lipinski definition) is 3. The average molecular weight is 2010 g/mol. The van der Waals surface area contributed by atoms with Crippen molar-refractivity contribution >= 4 is 250 Å². The Morgan fingerprint density at radius 3 is 1.03 bits per heavy atom. The molecule has 3 N–H and O–H groups in total. The highest BCUT2D eigenvalue weighted by Gasteiger charge is 2.31. The second-order valence-electron chi connectivity index (χ2n) is 42.5. The van der Waals surface area contributed by atoms with E-state index in [1.54, 1.807) is 11.3 Å². The first-order valence-electron chi connectivity index (χ1n) is 51.4. The lowest BCUT2D eigenvalue weighted by Crippen LogP contribution is -2.06. The molecule has 0 saturated carbocycles. The number of aliphatic imine (C=N–C) groups is 5. The summed E-state index contributed by atoms with van der Waals surface area (Å²) in [6.07, 6.45) is 12.7. The minimum atomic E-state index is 0.377. The maximum atomic E-state index is 5.08. The van der Waals surface area contributed by atoms with Crippen molar-refractivity contribution in [1.29, 1.82) is 0 Å². The van der Waals surface area contributed by atoms with E-state index in [1.807, 2.05) is 75.3 Å². The second-order valence-corrected chi connectivity index (χ2v) is 48.3. The van der Waals surface area contributed by atoms with Gasteiger partial charge in [0, 0.05) is 183 Å². The van der Waals surface area contributed by atoms with Gasteiger partial charge in [-0.05, 0) is 259 Å². The van der Waals surface area contributed by atoms with Crippen LogP contribution in [-0.4, -0.2) is 63.4 Å². The zero-order chi connectivity index (χ0) is 99.6. The largest absolute Gasteiger partial charge is 0.342 e. The van der Waals surface area contributed by atoms with Gasteiger partial charge >= 0.3 is 0 Å². The predicted molar refractivity (Wildman–Crippen MR) is 635 cm³/mol. The first-order chi connectivity index (χ1) is 70.8. The molecule has 13 aromatic carbocycles. The SMILES string of the molecule is CC(C)C1=NC=C(c2ccc3cc(-c4ccc5c6c(c7ccsc7c5c4)N=C(C(C)C)C6)sc3c2)C1.CC(C)C1=Nc2c(c3ccc(-c4ccc5cc(-c6cnc(C(C)C)[nH]6)ccc5c4)cc3c3sccc23)C1.CC(C)C1=Nc2c(c3ccc(-c4ccc5cc(-c6cnc(C(C)C)[nH]6)ccc5n4)cc3c3sccc23)C1.CC(C)C1=Nc2c(c3ccc(-c4ccc5cc(-c6cnc(C(C)C)[nH]6)sc5c4)cc3c3sccc23)C1.